The zero-order valence-electron chi connectivity index (χ0n) is 39.9. The Morgan fingerprint density at radius 1 is 0.643 bits per heavy atom. The summed E-state index contributed by atoms with van der Waals surface area (Å²) in [7, 11) is -0.780. The summed E-state index contributed by atoms with van der Waals surface area (Å²) in [4.78, 5) is 41.8. The van der Waals surface area contributed by atoms with Crippen LogP contribution in [0, 0.1) is 0 Å². The summed E-state index contributed by atoms with van der Waals surface area (Å²) in [5.74, 6) is -2.52. The molecule has 362 valence electrons. The van der Waals surface area contributed by atoms with Crippen LogP contribution in [0.4, 0.5) is 4.79 Å². The Balaban J connectivity index is 1.04. The predicted molar refractivity (Wildman–Crippen MR) is 261 cm³/mol. The molecule has 0 bridgehead atoms. The molecule has 2 fully saturated rings. The van der Waals surface area contributed by atoms with E-state index in [0.717, 1.165) is 22.3 Å². The van der Waals surface area contributed by atoms with Crippen molar-refractivity contribution >= 4 is 26.4 Å². The van der Waals surface area contributed by atoms with Crippen LogP contribution in [0.2, 0.25) is 18.1 Å². The van der Waals surface area contributed by atoms with E-state index >= 15 is 0 Å². The first kappa shape index (κ1) is 48.2. The Hall–Kier alpha value is -6.81. The molecule has 0 radical (unpaired) electrons. The monoisotopic (exact) mass is 964 g/mol. The number of hydrogen-bond acceptors (Lipinski definition) is 13. The second kappa shape index (κ2) is 20.3. The average Bonchev–Trinajstić information content (AvgIpc) is 3.91. The van der Waals surface area contributed by atoms with Crippen LogP contribution in [0.5, 0.6) is 11.5 Å². The zero-order chi connectivity index (χ0) is 49.0. The molecule has 2 aliphatic heterocycles. The van der Waals surface area contributed by atoms with Crippen LogP contribution in [0.25, 0.3) is 11.1 Å². The van der Waals surface area contributed by atoms with E-state index in [1.54, 1.807) is 92.0 Å². The van der Waals surface area contributed by atoms with Crippen LogP contribution in [-0.4, -0.2) is 77.4 Å². The molecule has 3 aliphatic rings. The highest BCUT2D eigenvalue weighted by molar-refractivity contribution is 6.74. The van der Waals surface area contributed by atoms with Gasteiger partial charge in [0.15, 0.2) is 24.6 Å². The molecule has 13 nitrogen and oxygen atoms in total. The van der Waals surface area contributed by atoms with Crippen LogP contribution in [0.1, 0.15) is 69.7 Å². The lowest BCUT2D eigenvalue weighted by molar-refractivity contribution is -0.371. The summed E-state index contributed by atoms with van der Waals surface area (Å²) in [6.07, 6.45) is -7.72. The molecule has 0 N–H and O–H groups in total. The average molecular weight is 965 g/mol. The number of carbonyl (C=O) groups excluding carboxylic acids is 3. The van der Waals surface area contributed by atoms with Crippen molar-refractivity contribution in [3.05, 3.63) is 191 Å². The first-order valence-corrected chi connectivity index (χ1v) is 26.2. The molecule has 70 heavy (non-hydrogen) atoms. The highest BCUT2D eigenvalue weighted by atomic mass is 28.4. The fraction of sp³-hybridized carbons (Fsp3) is 0.304. The van der Waals surface area contributed by atoms with Gasteiger partial charge >= 0.3 is 24.1 Å². The molecule has 1 unspecified atom stereocenters. The topological polar surface area (TPSA) is 144 Å². The van der Waals surface area contributed by atoms with Gasteiger partial charge in [0.05, 0.1) is 24.8 Å². The maximum absolute atomic E-state index is 14.1. The minimum atomic E-state index is -2.37. The van der Waals surface area contributed by atoms with Gasteiger partial charge in [-0.3, -0.25) is 4.74 Å². The molecular weight excluding hydrogens is 909 g/mol. The van der Waals surface area contributed by atoms with Gasteiger partial charge in [-0.2, -0.15) is 0 Å². The number of methoxy groups -OCH3 is 1. The van der Waals surface area contributed by atoms with Gasteiger partial charge in [-0.25, -0.2) is 14.4 Å². The van der Waals surface area contributed by atoms with Crippen LogP contribution in [0.15, 0.2) is 158 Å². The van der Waals surface area contributed by atoms with Gasteiger partial charge in [0.2, 0.25) is 8.32 Å². The maximum Gasteiger partial charge on any atom is 0.508 e. The van der Waals surface area contributed by atoms with Crippen LogP contribution in [0.3, 0.4) is 0 Å². The molecule has 2 heterocycles. The lowest BCUT2D eigenvalue weighted by Gasteiger charge is -2.41. The Labute approximate surface area is 408 Å². The van der Waals surface area contributed by atoms with Crippen LogP contribution in [-0.2, 0) is 50.5 Å². The summed E-state index contributed by atoms with van der Waals surface area (Å²) < 4.78 is 63.6. The molecule has 0 aromatic heterocycles. The van der Waals surface area contributed by atoms with Crippen molar-refractivity contribution in [1.82, 2.24) is 0 Å². The van der Waals surface area contributed by atoms with Crippen molar-refractivity contribution in [2.45, 2.75) is 88.1 Å². The van der Waals surface area contributed by atoms with Gasteiger partial charge < -0.3 is 42.3 Å². The van der Waals surface area contributed by atoms with Crippen molar-refractivity contribution in [2.24, 2.45) is 0 Å². The Kier molecular flexibility index (Phi) is 14.0. The first-order chi connectivity index (χ1) is 33.7. The van der Waals surface area contributed by atoms with Crippen LogP contribution < -0.4 is 9.16 Å². The smallest absolute Gasteiger partial charge is 0.508 e. The second-order valence-corrected chi connectivity index (χ2v) is 23.6. The summed E-state index contributed by atoms with van der Waals surface area (Å²) in [6.45, 7) is 10.2. The van der Waals surface area contributed by atoms with E-state index in [2.05, 4.69) is 33.9 Å². The van der Waals surface area contributed by atoms with E-state index in [9.17, 15) is 14.4 Å². The van der Waals surface area contributed by atoms with E-state index in [1.807, 2.05) is 72.8 Å². The van der Waals surface area contributed by atoms with E-state index in [1.165, 1.54) is 0 Å². The fourth-order valence-corrected chi connectivity index (χ4v) is 9.64. The zero-order valence-corrected chi connectivity index (χ0v) is 40.9. The lowest BCUT2D eigenvalue weighted by Crippen LogP contribution is -2.60. The van der Waals surface area contributed by atoms with Crippen molar-refractivity contribution in [2.75, 3.05) is 20.3 Å². The third-order valence-electron chi connectivity index (χ3n) is 13.3. The summed E-state index contributed by atoms with van der Waals surface area (Å²) in [6, 6.07) is 47.2. The first-order valence-electron chi connectivity index (χ1n) is 23.3. The van der Waals surface area contributed by atoms with Crippen molar-refractivity contribution in [3.63, 3.8) is 0 Å². The molecule has 9 rings (SSSR count). The SMILES string of the molecule is COc1ccc(COC2(c3ccccc3)O[C@H]3O[C@H](COC(=O)OCC4c5ccccc5-c5ccccc54)[C@@H](OC(=O)c4ccccc4)[C@H](OC(=O)c4ccccc4)[C@H]3O2)c(O[Si](C)(C)C(C)(C)C)c1. The fourth-order valence-electron chi connectivity index (χ4n) is 8.59. The molecule has 14 heteroatoms. The summed E-state index contributed by atoms with van der Waals surface area (Å²) in [5.41, 5.74) is 5.78. The molecule has 0 spiro atoms. The second-order valence-electron chi connectivity index (χ2n) is 18.9. The maximum atomic E-state index is 14.1. The van der Waals surface area contributed by atoms with Crippen molar-refractivity contribution in [1.29, 1.82) is 0 Å². The van der Waals surface area contributed by atoms with Gasteiger partial charge in [-0.15, -0.1) is 0 Å². The highest BCUT2D eigenvalue weighted by Crippen LogP contribution is 2.48. The van der Waals surface area contributed by atoms with Gasteiger partial charge in [-0.1, -0.05) is 136 Å². The number of fused-ring (bicyclic) bond motifs is 4. The lowest BCUT2D eigenvalue weighted by atomic mass is 9.98. The number of benzene rings is 6. The van der Waals surface area contributed by atoms with E-state index < -0.39 is 69.7 Å². The molecule has 6 atom stereocenters. The van der Waals surface area contributed by atoms with Gasteiger partial charge in [0.25, 0.3) is 0 Å². The Bertz CT molecular complexity index is 2750. The number of esters is 2. The van der Waals surface area contributed by atoms with Gasteiger partial charge in [0.1, 0.15) is 30.8 Å². The van der Waals surface area contributed by atoms with Gasteiger partial charge in [0, 0.05) is 23.1 Å². The van der Waals surface area contributed by atoms with Gasteiger partial charge in [-0.05, 0) is 76.8 Å². The molecule has 6 aromatic rings. The molecule has 1 aliphatic carbocycles. The molecular formula is C56H56O13Si. The number of ether oxygens (including phenoxy) is 9. The molecule has 0 amide bonds. The van der Waals surface area contributed by atoms with E-state index in [4.69, 9.17) is 47.1 Å². The Morgan fingerprint density at radius 3 is 1.77 bits per heavy atom. The minimum Gasteiger partial charge on any atom is -0.543 e. The summed E-state index contributed by atoms with van der Waals surface area (Å²) >= 11 is 0. The predicted octanol–water partition coefficient (Wildman–Crippen LogP) is 11.0. The minimum absolute atomic E-state index is 0.00244. The summed E-state index contributed by atoms with van der Waals surface area (Å²) in [5, 5.41) is -0.123. The molecule has 0 saturated carbocycles. The van der Waals surface area contributed by atoms with E-state index in [0.29, 0.717) is 22.6 Å². The quantitative estimate of drug-likeness (QED) is 0.0547. The van der Waals surface area contributed by atoms with Crippen molar-refractivity contribution in [3.8, 4) is 22.6 Å². The van der Waals surface area contributed by atoms with E-state index in [-0.39, 0.29) is 35.3 Å². The van der Waals surface area contributed by atoms with Crippen molar-refractivity contribution < 1.29 is 61.4 Å². The normalized spacial score (nSPS) is 21.7. The number of carbonyl (C=O) groups is 3. The third-order valence-corrected chi connectivity index (χ3v) is 17.7. The number of rotatable bonds is 15. The van der Waals surface area contributed by atoms with Crippen LogP contribution >= 0.6 is 0 Å². The molecule has 2 saturated heterocycles. The third kappa shape index (κ3) is 10.1. The highest BCUT2D eigenvalue weighted by Gasteiger charge is 2.62. The standard InChI is InChI=1S/C56H56O13Si/c1-55(2,3)70(5,6)69-46-32-40(60-4)31-30-38(46)33-63-56(39-24-14-9-15-25-39)67-50-49(66-52(58)37-22-12-8-13-23-37)48(65-51(57)36-20-10-7-11-21-36)47(64-53(50)68-56)35-62-54(59)61-34-45-43-28-18-16-26-41(43)42-27-17-19-29-44(42)45/h7-32,45,47-50,53H,33-35H2,1-6H3/t47-,48-,49+,50-,53-,56?/m1/s1. The Morgan fingerprint density at radius 2 is 1.19 bits per heavy atom. The largest absolute Gasteiger partial charge is 0.543 e. The molecule has 6 aromatic carbocycles. The number of hydrogen-bond donors (Lipinski definition) is 0.